The first-order valence-electron chi connectivity index (χ1n) is 4.16. The molecule has 16 heavy (non-hydrogen) atoms. The molecule has 0 N–H and O–H groups in total. The Morgan fingerprint density at radius 3 is 1.31 bits per heavy atom. The molecule has 0 unspecified atom stereocenters. The fourth-order valence-corrected chi connectivity index (χ4v) is 3.29. The molecule has 0 aromatic heterocycles. The van der Waals surface area contributed by atoms with Crippen molar-refractivity contribution in [3.8, 4) is 0 Å². The van der Waals surface area contributed by atoms with Crippen molar-refractivity contribution in [3.63, 3.8) is 0 Å². The third-order valence-corrected chi connectivity index (χ3v) is 3.33. The number of hydrogen-bond acceptors (Lipinski definition) is 1. The van der Waals surface area contributed by atoms with E-state index in [1.54, 1.807) is 0 Å². The van der Waals surface area contributed by atoms with Crippen LogP contribution in [0.15, 0.2) is 0 Å². The van der Waals surface area contributed by atoms with E-state index in [9.17, 15) is 26.3 Å². The van der Waals surface area contributed by atoms with Gasteiger partial charge in [0.2, 0.25) is 0 Å². The van der Waals surface area contributed by atoms with Gasteiger partial charge in [0.15, 0.2) is 8.32 Å². The van der Waals surface area contributed by atoms with Crippen molar-refractivity contribution in [1.82, 2.24) is 0 Å². The van der Waals surface area contributed by atoms with E-state index in [-0.39, 0.29) is 0 Å². The molecule has 0 aromatic carbocycles. The van der Waals surface area contributed by atoms with E-state index < -0.39 is 31.6 Å². The van der Waals surface area contributed by atoms with Crippen molar-refractivity contribution >= 4 is 24.2 Å². The summed E-state index contributed by atoms with van der Waals surface area (Å²) >= 11 is 2.25. The Bertz CT molecular complexity index is 229. The molecule has 0 aromatic rings. The standard InChI is InChI=1S/C7H11BrF6OSi/c1-16(2,3)15-5(4-8,6(9,10)11)7(12,13)14/h4H2,1-3H3. The number of hydrogen-bond donors (Lipinski definition) is 0. The smallest absolute Gasteiger partial charge is 0.396 e. The van der Waals surface area contributed by atoms with Crippen molar-refractivity contribution in [2.24, 2.45) is 0 Å². The molecule has 0 radical (unpaired) electrons. The van der Waals surface area contributed by atoms with Gasteiger partial charge in [-0.15, -0.1) is 0 Å². The van der Waals surface area contributed by atoms with Crippen molar-refractivity contribution in [1.29, 1.82) is 0 Å². The normalized spacial score (nSPS) is 15.4. The monoisotopic (exact) mass is 332 g/mol. The first-order chi connectivity index (χ1) is 6.77. The van der Waals surface area contributed by atoms with Crippen LogP contribution in [-0.2, 0) is 4.43 Å². The first-order valence-corrected chi connectivity index (χ1v) is 8.69. The van der Waals surface area contributed by atoms with Gasteiger partial charge in [0.05, 0.1) is 0 Å². The van der Waals surface area contributed by atoms with Crippen molar-refractivity contribution < 1.29 is 30.8 Å². The lowest BCUT2D eigenvalue weighted by molar-refractivity contribution is -0.350. The highest BCUT2D eigenvalue weighted by molar-refractivity contribution is 9.09. The van der Waals surface area contributed by atoms with Gasteiger partial charge in [-0.25, -0.2) is 0 Å². The van der Waals surface area contributed by atoms with Gasteiger partial charge in [-0.1, -0.05) is 15.9 Å². The zero-order valence-electron chi connectivity index (χ0n) is 8.76. The SMILES string of the molecule is C[Si](C)(C)OC(CBr)(C(F)(F)F)C(F)(F)F. The molecule has 1 nitrogen and oxygen atoms in total. The summed E-state index contributed by atoms with van der Waals surface area (Å²) in [5, 5.41) is -1.36. The van der Waals surface area contributed by atoms with E-state index in [0.29, 0.717) is 0 Å². The highest BCUT2D eigenvalue weighted by Crippen LogP contribution is 2.48. The fourth-order valence-electron chi connectivity index (χ4n) is 0.978. The zero-order chi connectivity index (χ0) is 13.4. The van der Waals surface area contributed by atoms with Gasteiger partial charge in [-0.05, 0) is 19.6 Å². The molecule has 0 aliphatic carbocycles. The molecule has 0 atom stereocenters. The Balaban J connectivity index is 5.51. The summed E-state index contributed by atoms with van der Waals surface area (Å²) in [5.41, 5.74) is -4.12. The van der Waals surface area contributed by atoms with Gasteiger partial charge in [-0.3, -0.25) is 0 Å². The third-order valence-electron chi connectivity index (χ3n) is 1.58. The summed E-state index contributed by atoms with van der Waals surface area (Å²) in [6.07, 6.45) is -11.0. The maximum Gasteiger partial charge on any atom is 0.426 e. The molecule has 0 saturated carbocycles. The summed E-state index contributed by atoms with van der Waals surface area (Å²) in [6.45, 7) is 3.80. The molecule has 0 spiro atoms. The van der Waals surface area contributed by atoms with Gasteiger partial charge in [0, 0.05) is 5.33 Å². The predicted molar refractivity (Wildman–Crippen MR) is 53.1 cm³/mol. The van der Waals surface area contributed by atoms with E-state index in [2.05, 4.69) is 20.4 Å². The Morgan fingerprint density at radius 1 is 0.938 bits per heavy atom. The summed E-state index contributed by atoms with van der Waals surface area (Å²) < 4.78 is 79.6. The highest BCUT2D eigenvalue weighted by atomic mass is 79.9. The molecule has 0 saturated heterocycles. The molecule has 0 bridgehead atoms. The van der Waals surface area contributed by atoms with Crippen LogP contribution in [0.3, 0.4) is 0 Å². The van der Waals surface area contributed by atoms with Gasteiger partial charge in [-0.2, -0.15) is 26.3 Å². The van der Waals surface area contributed by atoms with Crippen LogP contribution in [0.1, 0.15) is 0 Å². The first kappa shape index (κ1) is 16.2. The topological polar surface area (TPSA) is 9.23 Å². The van der Waals surface area contributed by atoms with Gasteiger partial charge >= 0.3 is 12.4 Å². The number of alkyl halides is 7. The number of halogens is 7. The van der Waals surface area contributed by atoms with Crippen LogP contribution in [0, 0.1) is 0 Å². The minimum Gasteiger partial charge on any atom is -0.396 e. The quantitative estimate of drug-likeness (QED) is 0.429. The molecular formula is C7H11BrF6OSi. The van der Waals surface area contributed by atoms with Crippen molar-refractivity contribution in [2.75, 3.05) is 5.33 Å². The highest BCUT2D eigenvalue weighted by Gasteiger charge is 2.72. The van der Waals surface area contributed by atoms with Crippen LogP contribution in [0.4, 0.5) is 26.3 Å². The molecule has 0 aliphatic rings. The summed E-state index contributed by atoms with van der Waals surface area (Å²) in [6, 6.07) is 0. The van der Waals surface area contributed by atoms with Crippen LogP contribution in [-0.4, -0.2) is 31.6 Å². The Labute approximate surface area is 98.4 Å². The second kappa shape index (κ2) is 4.49. The van der Waals surface area contributed by atoms with Crippen LogP contribution in [0.25, 0.3) is 0 Å². The van der Waals surface area contributed by atoms with Gasteiger partial charge in [0.1, 0.15) is 0 Å². The zero-order valence-corrected chi connectivity index (χ0v) is 11.3. The second-order valence-corrected chi connectivity index (χ2v) is 9.16. The van der Waals surface area contributed by atoms with E-state index >= 15 is 0 Å². The predicted octanol–water partition coefficient (Wildman–Crippen LogP) is 4.10. The maximum atomic E-state index is 12.5. The van der Waals surface area contributed by atoms with Gasteiger partial charge in [0.25, 0.3) is 5.60 Å². The molecule has 0 heterocycles. The summed E-state index contributed by atoms with van der Waals surface area (Å²) in [4.78, 5) is 0. The van der Waals surface area contributed by atoms with E-state index in [4.69, 9.17) is 0 Å². The van der Waals surface area contributed by atoms with Crippen molar-refractivity contribution in [2.45, 2.75) is 37.6 Å². The van der Waals surface area contributed by atoms with Crippen LogP contribution < -0.4 is 0 Å². The maximum absolute atomic E-state index is 12.5. The Morgan fingerprint density at radius 2 is 1.25 bits per heavy atom. The van der Waals surface area contributed by atoms with E-state index in [0.717, 1.165) is 0 Å². The summed E-state index contributed by atoms with van der Waals surface area (Å²) in [5.74, 6) is 0. The summed E-state index contributed by atoms with van der Waals surface area (Å²) in [7, 11) is -3.00. The molecular weight excluding hydrogens is 322 g/mol. The Hall–Kier alpha value is 0.237. The van der Waals surface area contributed by atoms with Crippen LogP contribution in [0.5, 0.6) is 0 Å². The Kier molecular flexibility index (Phi) is 4.55. The fraction of sp³-hybridized carbons (Fsp3) is 1.00. The lowest BCUT2D eigenvalue weighted by Crippen LogP contribution is -2.63. The van der Waals surface area contributed by atoms with Crippen molar-refractivity contribution in [3.05, 3.63) is 0 Å². The molecule has 9 heteroatoms. The minimum atomic E-state index is -5.50. The molecule has 0 fully saturated rings. The lowest BCUT2D eigenvalue weighted by Gasteiger charge is -2.40. The second-order valence-electron chi connectivity index (χ2n) is 4.17. The molecule has 0 rings (SSSR count). The van der Waals surface area contributed by atoms with Crippen LogP contribution in [0.2, 0.25) is 19.6 Å². The molecule has 0 amide bonds. The minimum absolute atomic E-state index is 1.27. The largest absolute Gasteiger partial charge is 0.426 e. The van der Waals surface area contributed by atoms with Crippen LogP contribution >= 0.6 is 15.9 Å². The average molecular weight is 333 g/mol. The molecule has 0 aliphatic heterocycles. The van der Waals surface area contributed by atoms with E-state index in [1.165, 1.54) is 19.6 Å². The number of rotatable bonds is 3. The average Bonchev–Trinajstić information content (AvgIpc) is 1.93. The van der Waals surface area contributed by atoms with E-state index in [1.807, 2.05) is 0 Å². The molecule has 98 valence electrons. The lowest BCUT2D eigenvalue weighted by atomic mass is 10.1. The third kappa shape index (κ3) is 3.36. The van der Waals surface area contributed by atoms with Gasteiger partial charge < -0.3 is 4.43 Å².